The minimum absolute atomic E-state index is 0.0220. The fourth-order valence-corrected chi connectivity index (χ4v) is 3.08. The molecule has 0 saturated heterocycles. The Kier molecular flexibility index (Phi) is 8.63. The van der Waals surface area contributed by atoms with E-state index in [4.69, 9.17) is 14.2 Å². The van der Waals surface area contributed by atoms with E-state index in [0.29, 0.717) is 54.5 Å². The van der Waals surface area contributed by atoms with E-state index >= 15 is 0 Å². The highest BCUT2D eigenvalue weighted by Crippen LogP contribution is 2.32. The molecule has 0 saturated carbocycles. The normalized spacial score (nSPS) is 15.6. The number of imide groups is 1. The monoisotopic (exact) mass is 412 g/mol. The molecular weight excluding hydrogens is 384 g/mol. The minimum Gasteiger partial charge on any atom is -0.490 e. The van der Waals surface area contributed by atoms with E-state index in [0.717, 1.165) is 11.3 Å². The largest absolute Gasteiger partial charge is 0.490 e. The Balaban J connectivity index is 2.45. The molecule has 0 radical (unpaired) electrons. The Morgan fingerprint density at radius 1 is 1.10 bits per heavy atom. The molecule has 1 heterocycles. The molecule has 0 spiro atoms. The van der Waals surface area contributed by atoms with Crippen molar-refractivity contribution in [1.29, 1.82) is 5.26 Å². The van der Waals surface area contributed by atoms with Gasteiger partial charge in [0.2, 0.25) is 0 Å². The summed E-state index contributed by atoms with van der Waals surface area (Å²) in [4.78, 5) is 26.7. The van der Waals surface area contributed by atoms with Crippen LogP contribution in [0.1, 0.15) is 39.2 Å². The van der Waals surface area contributed by atoms with Gasteiger partial charge in [0.05, 0.1) is 13.2 Å². The van der Waals surface area contributed by atoms with Crippen molar-refractivity contribution in [2.45, 2.75) is 33.6 Å². The number of methoxy groups -OCH3 is 1. The molecule has 1 aliphatic rings. The van der Waals surface area contributed by atoms with Gasteiger partial charge in [0, 0.05) is 25.8 Å². The van der Waals surface area contributed by atoms with E-state index in [9.17, 15) is 14.9 Å². The van der Waals surface area contributed by atoms with Crippen molar-refractivity contribution in [1.82, 2.24) is 4.90 Å². The molecule has 2 rings (SSSR count). The number of carbonyl (C=O) groups excluding carboxylic acids is 2. The van der Waals surface area contributed by atoms with Crippen molar-refractivity contribution in [3.63, 3.8) is 0 Å². The quantitative estimate of drug-likeness (QED) is 0.332. The summed E-state index contributed by atoms with van der Waals surface area (Å²) in [6.45, 7) is 7.18. The zero-order valence-electron chi connectivity index (χ0n) is 18.0. The van der Waals surface area contributed by atoms with Gasteiger partial charge in [-0.3, -0.25) is 14.5 Å². The number of nitrogens with zero attached hydrogens (tertiary/aromatic N) is 2. The molecule has 0 aliphatic carbocycles. The summed E-state index contributed by atoms with van der Waals surface area (Å²) >= 11 is 0. The second-order valence-electron chi connectivity index (χ2n) is 6.77. The maximum Gasteiger partial charge on any atom is 0.271 e. The van der Waals surface area contributed by atoms with Crippen molar-refractivity contribution in [2.24, 2.45) is 0 Å². The summed E-state index contributed by atoms with van der Waals surface area (Å²) < 4.78 is 16.4. The standard InChI is InChI=1S/C23H28N2O5/c1-5-11-30-20-9-8-17(14-21(20)29-6-2)13-18-16(3)19(15-24)23(27)25(22(18)26)10-7-12-28-4/h8-9,13-14H,5-7,10-12H2,1-4H3/b18-13+. The van der Waals surface area contributed by atoms with Gasteiger partial charge in [-0.25, -0.2) is 0 Å². The zero-order chi connectivity index (χ0) is 22.1. The van der Waals surface area contributed by atoms with Crippen molar-refractivity contribution < 1.29 is 23.8 Å². The molecule has 7 nitrogen and oxygen atoms in total. The van der Waals surface area contributed by atoms with Crippen molar-refractivity contribution in [2.75, 3.05) is 33.5 Å². The van der Waals surface area contributed by atoms with Crippen LogP contribution in [0.4, 0.5) is 0 Å². The summed E-state index contributed by atoms with van der Waals surface area (Å²) in [7, 11) is 1.56. The lowest BCUT2D eigenvalue weighted by Crippen LogP contribution is -2.43. The average Bonchev–Trinajstić information content (AvgIpc) is 2.73. The Hall–Kier alpha value is -3.11. The molecule has 0 atom stereocenters. The number of hydrogen-bond donors (Lipinski definition) is 0. The average molecular weight is 412 g/mol. The van der Waals surface area contributed by atoms with Gasteiger partial charge in [0.15, 0.2) is 11.5 Å². The maximum atomic E-state index is 13.0. The molecule has 1 aromatic carbocycles. The first-order chi connectivity index (χ1) is 14.5. The van der Waals surface area contributed by atoms with Crippen LogP contribution in [-0.4, -0.2) is 50.2 Å². The van der Waals surface area contributed by atoms with Crippen LogP contribution >= 0.6 is 0 Å². The smallest absolute Gasteiger partial charge is 0.271 e. The molecule has 160 valence electrons. The number of hydrogen-bond acceptors (Lipinski definition) is 6. The van der Waals surface area contributed by atoms with Gasteiger partial charge in [-0.15, -0.1) is 0 Å². The third-order valence-electron chi connectivity index (χ3n) is 4.60. The van der Waals surface area contributed by atoms with E-state index in [2.05, 4.69) is 0 Å². The van der Waals surface area contributed by atoms with E-state index in [-0.39, 0.29) is 12.1 Å². The van der Waals surface area contributed by atoms with Gasteiger partial charge in [0.1, 0.15) is 11.6 Å². The van der Waals surface area contributed by atoms with E-state index in [1.165, 1.54) is 0 Å². The highest BCUT2D eigenvalue weighted by molar-refractivity contribution is 6.19. The Morgan fingerprint density at radius 3 is 2.50 bits per heavy atom. The van der Waals surface area contributed by atoms with Crippen LogP contribution in [0.15, 0.2) is 34.9 Å². The molecule has 0 fully saturated rings. The third-order valence-corrected chi connectivity index (χ3v) is 4.60. The van der Waals surface area contributed by atoms with Crippen LogP contribution in [-0.2, 0) is 14.3 Å². The number of ether oxygens (including phenoxy) is 3. The van der Waals surface area contributed by atoms with Crippen LogP contribution in [0.2, 0.25) is 0 Å². The van der Waals surface area contributed by atoms with Gasteiger partial charge in [-0.05, 0) is 56.0 Å². The number of carbonyl (C=O) groups is 2. The summed E-state index contributed by atoms with van der Waals surface area (Å²) in [6, 6.07) is 7.35. The van der Waals surface area contributed by atoms with Crippen molar-refractivity contribution in [3.8, 4) is 17.6 Å². The Labute approximate surface area is 177 Å². The predicted octanol–water partition coefficient (Wildman–Crippen LogP) is 3.50. The summed E-state index contributed by atoms with van der Waals surface area (Å²) in [5, 5.41) is 9.47. The lowest BCUT2D eigenvalue weighted by molar-refractivity contribution is -0.140. The molecule has 1 aromatic rings. The number of benzene rings is 1. The van der Waals surface area contributed by atoms with Gasteiger partial charge in [-0.2, -0.15) is 5.26 Å². The first-order valence-electron chi connectivity index (χ1n) is 10.1. The lowest BCUT2D eigenvalue weighted by atomic mass is 9.93. The second-order valence-corrected chi connectivity index (χ2v) is 6.77. The van der Waals surface area contributed by atoms with E-state index < -0.39 is 11.8 Å². The molecule has 0 N–H and O–H groups in total. The molecule has 0 unspecified atom stereocenters. The number of amides is 2. The van der Waals surface area contributed by atoms with E-state index in [1.807, 2.05) is 26.0 Å². The Morgan fingerprint density at radius 2 is 1.87 bits per heavy atom. The van der Waals surface area contributed by atoms with Crippen LogP contribution in [0.5, 0.6) is 11.5 Å². The van der Waals surface area contributed by atoms with Gasteiger partial charge in [-0.1, -0.05) is 13.0 Å². The van der Waals surface area contributed by atoms with Crippen molar-refractivity contribution >= 4 is 17.9 Å². The highest BCUT2D eigenvalue weighted by Gasteiger charge is 2.35. The first-order valence-corrected chi connectivity index (χ1v) is 10.1. The summed E-state index contributed by atoms with van der Waals surface area (Å²) in [5.74, 6) is 0.235. The maximum absolute atomic E-state index is 13.0. The first kappa shape index (κ1) is 23.2. The van der Waals surface area contributed by atoms with E-state index in [1.54, 1.807) is 32.2 Å². The zero-order valence-corrected chi connectivity index (χ0v) is 18.0. The third kappa shape index (κ3) is 5.28. The van der Waals surface area contributed by atoms with Crippen LogP contribution in [0, 0.1) is 11.3 Å². The van der Waals surface area contributed by atoms with Crippen LogP contribution in [0.3, 0.4) is 0 Å². The SMILES string of the molecule is CCCOc1ccc(/C=C2/C(=O)N(CCCOC)C(=O)C(C#N)=C2C)cc1OCC. The fraction of sp³-hybridized carbons (Fsp3) is 0.435. The lowest BCUT2D eigenvalue weighted by Gasteiger charge is -2.27. The topological polar surface area (TPSA) is 88.9 Å². The predicted molar refractivity (Wildman–Crippen MR) is 113 cm³/mol. The molecule has 30 heavy (non-hydrogen) atoms. The second kappa shape index (κ2) is 11.2. The van der Waals surface area contributed by atoms with Crippen LogP contribution < -0.4 is 9.47 Å². The van der Waals surface area contributed by atoms with Gasteiger partial charge >= 0.3 is 0 Å². The fourth-order valence-electron chi connectivity index (χ4n) is 3.08. The molecule has 7 heteroatoms. The highest BCUT2D eigenvalue weighted by atomic mass is 16.5. The van der Waals surface area contributed by atoms with Crippen molar-refractivity contribution in [3.05, 3.63) is 40.5 Å². The summed E-state index contributed by atoms with van der Waals surface area (Å²) in [5.41, 5.74) is 1.38. The molecule has 0 aromatic heterocycles. The molecule has 2 amide bonds. The van der Waals surface area contributed by atoms with Gasteiger partial charge in [0.25, 0.3) is 11.8 Å². The molecular formula is C23H28N2O5. The van der Waals surface area contributed by atoms with Gasteiger partial charge < -0.3 is 14.2 Å². The molecule has 1 aliphatic heterocycles. The number of rotatable bonds is 10. The minimum atomic E-state index is -0.563. The number of nitriles is 1. The van der Waals surface area contributed by atoms with Crippen LogP contribution in [0.25, 0.3) is 6.08 Å². The molecule has 0 bridgehead atoms. The Bertz CT molecular complexity index is 895. The summed E-state index contributed by atoms with van der Waals surface area (Å²) in [6.07, 6.45) is 3.05.